The first kappa shape index (κ1) is 20.0. The quantitative estimate of drug-likeness (QED) is 0.396. The van der Waals surface area contributed by atoms with Crippen molar-refractivity contribution in [2.45, 2.75) is 19.4 Å². The Balaban J connectivity index is 1.83. The molecule has 140 valence electrons. The van der Waals surface area contributed by atoms with Crippen LogP contribution in [0.2, 0.25) is 0 Å². The van der Waals surface area contributed by atoms with Gasteiger partial charge in [-0.15, -0.1) is 0 Å². The van der Waals surface area contributed by atoms with Gasteiger partial charge in [-0.25, -0.2) is 4.39 Å². The number of pyridine rings is 1. The molecule has 0 aliphatic carbocycles. The van der Waals surface area contributed by atoms with Crippen molar-refractivity contribution in [1.82, 2.24) is 15.6 Å². The molecule has 1 aromatic heterocycles. The first-order valence-corrected chi connectivity index (χ1v) is 9.92. The van der Waals surface area contributed by atoms with Gasteiger partial charge in [0.05, 0.1) is 6.20 Å². The van der Waals surface area contributed by atoms with E-state index >= 15 is 0 Å². The van der Waals surface area contributed by atoms with E-state index in [0.29, 0.717) is 18.3 Å². The molecular formula is C19H25FN4OS. The second-order valence-electron chi connectivity index (χ2n) is 5.61. The van der Waals surface area contributed by atoms with Crippen LogP contribution < -0.4 is 15.4 Å². The van der Waals surface area contributed by atoms with Crippen molar-refractivity contribution in [3.05, 3.63) is 54.1 Å². The summed E-state index contributed by atoms with van der Waals surface area (Å²) in [6.07, 6.45) is 7.57. The minimum atomic E-state index is -0.409. The van der Waals surface area contributed by atoms with Crippen molar-refractivity contribution in [2.24, 2.45) is 4.99 Å². The molecule has 0 amide bonds. The molecule has 26 heavy (non-hydrogen) atoms. The molecule has 1 heterocycles. The third-order valence-corrected chi connectivity index (χ3v) is 4.31. The summed E-state index contributed by atoms with van der Waals surface area (Å²) in [7, 11) is 1.72. The highest BCUT2D eigenvalue weighted by atomic mass is 32.2. The first-order valence-electron chi connectivity index (χ1n) is 8.52. The van der Waals surface area contributed by atoms with Crippen LogP contribution in [0.4, 0.5) is 4.39 Å². The normalized spacial score (nSPS) is 11.3. The zero-order valence-electron chi connectivity index (χ0n) is 15.2. The fourth-order valence-corrected chi connectivity index (χ4v) is 2.75. The number of benzene rings is 1. The third-order valence-electron chi connectivity index (χ3n) is 3.61. The predicted molar refractivity (Wildman–Crippen MR) is 107 cm³/mol. The van der Waals surface area contributed by atoms with Crippen LogP contribution in [0.5, 0.6) is 11.5 Å². The lowest BCUT2D eigenvalue weighted by Crippen LogP contribution is -2.37. The average Bonchev–Trinajstić information content (AvgIpc) is 2.67. The van der Waals surface area contributed by atoms with E-state index < -0.39 is 5.82 Å². The van der Waals surface area contributed by atoms with Crippen LogP contribution in [0.25, 0.3) is 0 Å². The van der Waals surface area contributed by atoms with Crippen LogP contribution in [0.3, 0.4) is 0 Å². The Bertz CT molecular complexity index is 697. The van der Waals surface area contributed by atoms with Crippen LogP contribution in [0.1, 0.15) is 18.4 Å². The van der Waals surface area contributed by atoms with Gasteiger partial charge in [-0.05, 0) is 54.7 Å². The maximum atomic E-state index is 14.2. The molecule has 0 saturated heterocycles. The molecule has 2 N–H and O–H groups in total. The van der Waals surface area contributed by atoms with E-state index in [2.05, 4.69) is 26.9 Å². The van der Waals surface area contributed by atoms with E-state index in [9.17, 15) is 4.39 Å². The minimum Gasteiger partial charge on any atom is -0.453 e. The Morgan fingerprint density at radius 1 is 1.27 bits per heavy atom. The van der Waals surface area contributed by atoms with Gasteiger partial charge in [0.25, 0.3) is 0 Å². The van der Waals surface area contributed by atoms with E-state index in [4.69, 9.17) is 4.74 Å². The van der Waals surface area contributed by atoms with Gasteiger partial charge < -0.3 is 15.4 Å². The monoisotopic (exact) mass is 376 g/mol. The first-order chi connectivity index (χ1) is 12.7. The summed E-state index contributed by atoms with van der Waals surface area (Å²) in [5.74, 6) is 2.15. The molecule has 5 nitrogen and oxygen atoms in total. The number of nitrogens with zero attached hydrogens (tertiary/aromatic N) is 2. The number of aromatic nitrogens is 1. The van der Waals surface area contributed by atoms with Gasteiger partial charge in [-0.1, -0.05) is 6.07 Å². The molecule has 0 spiro atoms. The molecule has 0 bridgehead atoms. The molecule has 2 rings (SSSR count). The Labute approximate surface area is 158 Å². The molecule has 0 aliphatic heterocycles. The second kappa shape index (κ2) is 11.4. The Kier molecular flexibility index (Phi) is 8.75. The number of rotatable bonds is 9. The summed E-state index contributed by atoms with van der Waals surface area (Å²) in [5, 5.41) is 6.45. The lowest BCUT2D eigenvalue weighted by atomic mass is 10.2. The zero-order valence-corrected chi connectivity index (χ0v) is 16.0. The topological polar surface area (TPSA) is 58.5 Å². The van der Waals surface area contributed by atoms with Crippen LogP contribution in [-0.4, -0.2) is 36.5 Å². The summed E-state index contributed by atoms with van der Waals surface area (Å²) in [5.41, 5.74) is 0.811. The van der Waals surface area contributed by atoms with Crippen molar-refractivity contribution >= 4 is 17.7 Å². The molecular weight excluding hydrogens is 351 g/mol. The number of ether oxygens (including phenoxy) is 1. The largest absolute Gasteiger partial charge is 0.453 e. The number of nitrogens with one attached hydrogen (secondary N) is 2. The van der Waals surface area contributed by atoms with Gasteiger partial charge in [0.15, 0.2) is 17.5 Å². The van der Waals surface area contributed by atoms with Crippen molar-refractivity contribution in [3.8, 4) is 11.5 Å². The van der Waals surface area contributed by atoms with E-state index in [1.807, 2.05) is 17.8 Å². The van der Waals surface area contributed by atoms with Crippen molar-refractivity contribution in [3.63, 3.8) is 0 Å². The maximum absolute atomic E-state index is 14.2. The predicted octanol–water partition coefficient (Wildman–Crippen LogP) is 3.82. The second-order valence-corrected chi connectivity index (χ2v) is 6.59. The summed E-state index contributed by atoms with van der Waals surface area (Å²) < 4.78 is 19.7. The smallest absolute Gasteiger partial charge is 0.191 e. The minimum absolute atomic E-state index is 0.179. The van der Waals surface area contributed by atoms with E-state index in [1.165, 1.54) is 18.2 Å². The lowest BCUT2D eigenvalue weighted by molar-refractivity contribution is 0.440. The molecule has 0 aliphatic rings. The van der Waals surface area contributed by atoms with Crippen LogP contribution in [0, 0.1) is 5.82 Å². The highest BCUT2D eigenvalue weighted by molar-refractivity contribution is 7.98. The summed E-state index contributed by atoms with van der Waals surface area (Å²) in [4.78, 5) is 8.13. The van der Waals surface area contributed by atoms with E-state index in [1.54, 1.807) is 37.6 Å². The number of guanidine groups is 1. The van der Waals surface area contributed by atoms with E-state index in [-0.39, 0.29) is 5.75 Å². The van der Waals surface area contributed by atoms with Crippen LogP contribution in [0.15, 0.2) is 47.7 Å². The number of hydrogen-bond donors (Lipinski definition) is 2. The molecule has 0 unspecified atom stereocenters. The molecule has 0 fully saturated rings. The van der Waals surface area contributed by atoms with Gasteiger partial charge >= 0.3 is 0 Å². The maximum Gasteiger partial charge on any atom is 0.191 e. The number of unbranched alkanes of at least 4 members (excludes halogenated alkanes) is 1. The van der Waals surface area contributed by atoms with Crippen molar-refractivity contribution in [1.29, 1.82) is 0 Å². The standard InChI is InChI=1S/C19H25FN4OS/c1-21-19(23-10-3-4-11-26-2)24-13-15-7-8-18(17(20)12-15)25-16-6-5-9-22-14-16/h5-9,12,14H,3-4,10-11,13H2,1-2H3,(H2,21,23,24). The highest BCUT2D eigenvalue weighted by Gasteiger charge is 2.07. The molecule has 0 atom stereocenters. The summed E-state index contributed by atoms with van der Waals surface area (Å²) >= 11 is 1.85. The van der Waals surface area contributed by atoms with Gasteiger partial charge in [0.1, 0.15) is 5.75 Å². The SMILES string of the molecule is CN=C(NCCCCSC)NCc1ccc(Oc2cccnc2)c(F)c1. The van der Waals surface area contributed by atoms with Gasteiger partial charge in [0.2, 0.25) is 0 Å². The number of halogens is 1. The Hall–Kier alpha value is -2.28. The fraction of sp³-hybridized carbons (Fsp3) is 0.368. The third kappa shape index (κ3) is 6.92. The van der Waals surface area contributed by atoms with Crippen LogP contribution in [-0.2, 0) is 6.54 Å². The fourth-order valence-electron chi connectivity index (χ4n) is 2.26. The highest BCUT2D eigenvalue weighted by Crippen LogP contribution is 2.24. The van der Waals surface area contributed by atoms with Crippen molar-refractivity contribution < 1.29 is 9.13 Å². The van der Waals surface area contributed by atoms with Gasteiger partial charge in [0, 0.05) is 26.3 Å². The number of hydrogen-bond acceptors (Lipinski definition) is 4. The van der Waals surface area contributed by atoms with Crippen LogP contribution >= 0.6 is 11.8 Å². The number of aliphatic imine (C=N–C) groups is 1. The Morgan fingerprint density at radius 2 is 2.15 bits per heavy atom. The van der Waals surface area contributed by atoms with Gasteiger partial charge in [-0.3, -0.25) is 9.98 Å². The Morgan fingerprint density at radius 3 is 2.85 bits per heavy atom. The average molecular weight is 377 g/mol. The summed E-state index contributed by atoms with van der Waals surface area (Å²) in [6, 6.07) is 8.39. The van der Waals surface area contributed by atoms with E-state index in [0.717, 1.165) is 18.5 Å². The molecule has 2 aromatic rings. The lowest BCUT2D eigenvalue weighted by Gasteiger charge is -2.12. The molecule has 0 radical (unpaired) electrons. The molecule has 0 saturated carbocycles. The summed E-state index contributed by atoms with van der Waals surface area (Å²) in [6.45, 7) is 1.35. The molecule has 1 aromatic carbocycles. The molecule has 7 heteroatoms. The number of thioether (sulfide) groups is 1. The van der Waals surface area contributed by atoms with Crippen molar-refractivity contribution in [2.75, 3.05) is 25.6 Å². The van der Waals surface area contributed by atoms with Gasteiger partial charge in [-0.2, -0.15) is 11.8 Å². The zero-order chi connectivity index (χ0) is 18.6.